The maximum Gasteiger partial charge on any atom is 0.262 e. The molecule has 2 amide bonds. The van der Waals surface area contributed by atoms with Crippen LogP contribution in [0.2, 0.25) is 0 Å². The third-order valence-corrected chi connectivity index (χ3v) is 2.67. The molecule has 0 aliphatic heterocycles. The van der Waals surface area contributed by atoms with Gasteiger partial charge in [0.05, 0.1) is 0 Å². The number of benzene rings is 2. The maximum absolute atomic E-state index is 12.7. The molecule has 2 aromatic rings. The molecule has 2 N–H and O–H groups in total. The number of anilines is 2. The van der Waals surface area contributed by atoms with Crippen LogP contribution >= 0.6 is 0 Å². The number of carbonyl (C=O) groups excluding carboxylic acids is 2. The van der Waals surface area contributed by atoms with E-state index < -0.39 is 0 Å². The lowest BCUT2D eigenvalue weighted by Crippen LogP contribution is -2.20. The molecule has 5 nitrogen and oxygen atoms in total. The summed E-state index contributed by atoms with van der Waals surface area (Å²) in [4.78, 5) is 22.6. The second kappa shape index (κ2) is 7.21. The fraction of sp³-hybridized carbons (Fsp3) is 0.125. The van der Waals surface area contributed by atoms with E-state index in [1.807, 2.05) is 0 Å². The highest BCUT2D eigenvalue weighted by Crippen LogP contribution is 2.14. The molecule has 0 aliphatic rings. The number of ether oxygens (including phenoxy) is 1. The van der Waals surface area contributed by atoms with Gasteiger partial charge in [-0.1, -0.05) is 0 Å². The molecule has 0 aliphatic carbocycles. The van der Waals surface area contributed by atoms with Gasteiger partial charge in [-0.25, -0.2) is 4.39 Å². The largest absolute Gasteiger partial charge is 0.484 e. The van der Waals surface area contributed by atoms with Gasteiger partial charge in [-0.3, -0.25) is 9.59 Å². The molecule has 0 aromatic heterocycles. The molecule has 22 heavy (non-hydrogen) atoms. The van der Waals surface area contributed by atoms with Crippen LogP contribution in [0.5, 0.6) is 5.75 Å². The van der Waals surface area contributed by atoms with Crippen molar-refractivity contribution in [3.05, 3.63) is 54.3 Å². The minimum absolute atomic E-state index is 0.163. The number of hydrogen-bond donors (Lipinski definition) is 2. The quantitative estimate of drug-likeness (QED) is 0.892. The van der Waals surface area contributed by atoms with E-state index in [4.69, 9.17) is 4.74 Å². The lowest BCUT2D eigenvalue weighted by molar-refractivity contribution is -0.118. The van der Waals surface area contributed by atoms with Crippen LogP contribution in [0.25, 0.3) is 0 Å². The number of nitrogens with one attached hydrogen (secondary N) is 2. The van der Waals surface area contributed by atoms with Crippen LogP contribution in [0, 0.1) is 5.82 Å². The Bertz CT molecular complexity index is 654. The summed E-state index contributed by atoms with van der Waals surface area (Å²) in [5.74, 6) is -0.449. The van der Waals surface area contributed by atoms with Crippen molar-refractivity contribution in [3.63, 3.8) is 0 Å². The van der Waals surface area contributed by atoms with E-state index in [1.54, 1.807) is 24.3 Å². The van der Waals surface area contributed by atoms with Crippen molar-refractivity contribution in [2.75, 3.05) is 17.2 Å². The van der Waals surface area contributed by atoms with Crippen LogP contribution in [0.15, 0.2) is 48.5 Å². The molecular weight excluding hydrogens is 287 g/mol. The number of rotatable bonds is 5. The first kappa shape index (κ1) is 15.5. The zero-order chi connectivity index (χ0) is 15.9. The zero-order valence-electron chi connectivity index (χ0n) is 11.9. The van der Waals surface area contributed by atoms with Gasteiger partial charge in [0, 0.05) is 18.3 Å². The number of carbonyl (C=O) groups is 2. The molecule has 6 heteroatoms. The first-order valence-electron chi connectivity index (χ1n) is 6.59. The molecule has 0 atom stereocenters. The van der Waals surface area contributed by atoms with Crippen LogP contribution in [0.4, 0.5) is 15.8 Å². The molecule has 0 spiro atoms. The summed E-state index contributed by atoms with van der Waals surface area (Å²) in [5, 5.41) is 5.28. The normalized spacial score (nSPS) is 9.91. The van der Waals surface area contributed by atoms with Gasteiger partial charge < -0.3 is 15.4 Å². The van der Waals surface area contributed by atoms with Gasteiger partial charge in [-0.15, -0.1) is 0 Å². The first-order chi connectivity index (χ1) is 10.5. The number of amides is 2. The minimum atomic E-state index is -0.365. The third-order valence-electron chi connectivity index (χ3n) is 2.67. The second-order valence-corrected chi connectivity index (χ2v) is 4.55. The average molecular weight is 302 g/mol. The van der Waals surface area contributed by atoms with Crippen LogP contribution in [0.1, 0.15) is 6.92 Å². The highest BCUT2D eigenvalue weighted by molar-refractivity contribution is 5.93. The Labute approximate surface area is 127 Å². The average Bonchev–Trinajstić information content (AvgIpc) is 2.48. The summed E-state index contributed by atoms with van der Waals surface area (Å²) in [6, 6.07) is 12.1. The van der Waals surface area contributed by atoms with Gasteiger partial charge in [0.25, 0.3) is 5.91 Å². The van der Waals surface area contributed by atoms with Crippen molar-refractivity contribution in [1.82, 2.24) is 0 Å². The van der Waals surface area contributed by atoms with Crippen LogP contribution < -0.4 is 15.4 Å². The summed E-state index contributed by atoms with van der Waals surface area (Å²) < 4.78 is 18.0. The monoisotopic (exact) mass is 302 g/mol. The number of hydrogen-bond acceptors (Lipinski definition) is 3. The molecule has 0 fully saturated rings. The van der Waals surface area contributed by atoms with E-state index in [2.05, 4.69) is 10.6 Å². The van der Waals surface area contributed by atoms with E-state index in [-0.39, 0.29) is 24.2 Å². The number of halogens is 1. The van der Waals surface area contributed by atoms with Gasteiger partial charge in [0.2, 0.25) is 5.91 Å². The molecule has 0 saturated heterocycles. The first-order valence-corrected chi connectivity index (χ1v) is 6.59. The Morgan fingerprint density at radius 3 is 2.05 bits per heavy atom. The van der Waals surface area contributed by atoms with Crippen molar-refractivity contribution in [2.24, 2.45) is 0 Å². The molecule has 0 unspecified atom stereocenters. The lowest BCUT2D eigenvalue weighted by Gasteiger charge is -2.08. The molecule has 0 bridgehead atoms. The predicted octanol–water partition coefficient (Wildman–Crippen LogP) is 2.80. The Morgan fingerprint density at radius 2 is 1.50 bits per heavy atom. The third kappa shape index (κ3) is 4.90. The van der Waals surface area contributed by atoms with E-state index in [1.165, 1.54) is 31.2 Å². The van der Waals surface area contributed by atoms with Gasteiger partial charge >= 0.3 is 0 Å². The smallest absolute Gasteiger partial charge is 0.262 e. The molecule has 2 rings (SSSR count). The van der Waals surface area contributed by atoms with Crippen LogP contribution in [-0.2, 0) is 9.59 Å². The van der Waals surface area contributed by atoms with Gasteiger partial charge in [0.15, 0.2) is 6.61 Å². The van der Waals surface area contributed by atoms with E-state index in [0.29, 0.717) is 17.1 Å². The second-order valence-electron chi connectivity index (χ2n) is 4.55. The summed E-state index contributed by atoms with van der Waals surface area (Å²) in [6.07, 6.45) is 0. The van der Waals surface area contributed by atoms with E-state index in [0.717, 1.165) is 0 Å². The predicted molar refractivity (Wildman–Crippen MR) is 81.3 cm³/mol. The lowest BCUT2D eigenvalue weighted by atomic mass is 10.2. The van der Waals surface area contributed by atoms with E-state index >= 15 is 0 Å². The van der Waals surface area contributed by atoms with Crippen molar-refractivity contribution < 1.29 is 18.7 Å². The van der Waals surface area contributed by atoms with E-state index in [9.17, 15) is 14.0 Å². The molecule has 0 saturated carbocycles. The van der Waals surface area contributed by atoms with Crippen LogP contribution in [-0.4, -0.2) is 18.4 Å². The summed E-state index contributed by atoms with van der Waals surface area (Å²) in [5.41, 5.74) is 1.23. The minimum Gasteiger partial charge on any atom is -0.484 e. The summed E-state index contributed by atoms with van der Waals surface area (Å²) in [7, 11) is 0. The van der Waals surface area contributed by atoms with Crippen molar-refractivity contribution in [2.45, 2.75) is 6.92 Å². The SMILES string of the molecule is CC(=O)Nc1ccc(NC(=O)COc2ccc(F)cc2)cc1. The van der Waals surface area contributed by atoms with Crippen molar-refractivity contribution in [3.8, 4) is 5.75 Å². The van der Waals surface area contributed by atoms with Gasteiger partial charge in [-0.05, 0) is 48.5 Å². The summed E-state index contributed by atoms with van der Waals surface area (Å²) in [6.45, 7) is 1.24. The standard InChI is InChI=1S/C16H15FN2O3/c1-11(20)18-13-4-6-14(7-5-13)19-16(21)10-22-15-8-2-12(17)3-9-15/h2-9H,10H2,1H3,(H,18,20)(H,19,21). The molecule has 114 valence electrons. The summed E-state index contributed by atoms with van der Waals surface area (Å²) >= 11 is 0. The molecule has 0 heterocycles. The molecule has 2 aromatic carbocycles. The highest BCUT2D eigenvalue weighted by Gasteiger charge is 2.04. The van der Waals surface area contributed by atoms with Crippen molar-refractivity contribution >= 4 is 23.2 Å². The van der Waals surface area contributed by atoms with Crippen LogP contribution in [0.3, 0.4) is 0 Å². The van der Waals surface area contributed by atoms with Gasteiger partial charge in [0.1, 0.15) is 11.6 Å². The molecule has 0 radical (unpaired) electrons. The Morgan fingerprint density at radius 1 is 0.955 bits per heavy atom. The highest BCUT2D eigenvalue weighted by atomic mass is 19.1. The zero-order valence-corrected chi connectivity index (χ0v) is 11.9. The topological polar surface area (TPSA) is 67.4 Å². The fourth-order valence-corrected chi connectivity index (χ4v) is 1.72. The maximum atomic E-state index is 12.7. The Hall–Kier alpha value is -2.89. The fourth-order valence-electron chi connectivity index (χ4n) is 1.72. The molecular formula is C16H15FN2O3. The Balaban J connectivity index is 1.83. The Kier molecular flexibility index (Phi) is 5.08. The van der Waals surface area contributed by atoms with Gasteiger partial charge in [-0.2, -0.15) is 0 Å². The van der Waals surface area contributed by atoms with Crippen molar-refractivity contribution in [1.29, 1.82) is 0 Å².